The third kappa shape index (κ3) is 3.94. The first-order valence-electron chi connectivity index (χ1n) is 7.67. The van der Waals surface area contributed by atoms with Crippen LogP contribution in [0, 0.1) is 5.82 Å². The molecule has 0 spiro atoms. The summed E-state index contributed by atoms with van der Waals surface area (Å²) in [5.41, 5.74) is 1.59. The molecular formula is C18H17FN2O2S. The molecule has 2 amide bonds. The van der Waals surface area contributed by atoms with Crippen molar-refractivity contribution in [1.82, 2.24) is 5.32 Å². The van der Waals surface area contributed by atoms with Crippen LogP contribution in [0.25, 0.3) is 0 Å². The molecule has 6 heteroatoms. The Morgan fingerprint density at radius 3 is 2.71 bits per heavy atom. The highest BCUT2D eigenvalue weighted by Crippen LogP contribution is 2.33. The first-order valence-corrected chi connectivity index (χ1v) is 8.65. The van der Waals surface area contributed by atoms with E-state index in [-0.39, 0.29) is 24.2 Å². The standard InChI is InChI=1S/C18H17FN2O2S/c19-14-7-5-13(6-8-14)11-20-17(22)12-21-15-3-1-2-4-16(15)24-10-9-18(21)23/h1-8H,9-12H2,(H,20,22). The summed E-state index contributed by atoms with van der Waals surface area (Å²) in [6.07, 6.45) is 0.407. The number of amides is 2. The van der Waals surface area contributed by atoms with E-state index in [2.05, 4.69) is 5.32 Å². The molecule has 2 aromatic carbocycles. The van der Waals surface area contributed by atoms with Gasteiger partial charge in [-0.2, -0.15) is 0 Å². The lowest BCUT2D eigenvalue weighted by molar-refractivity contribution is -0.123. The maximum absolute atomic E-state index is 12.9. The Morgan fingerprint density at radius 1 is 1.17 bits per heavy atom. The average Bonchev–Trinajstić information content (AvgIpc) is 2.74. The summed E-state index contributed by atoms with van der Waals surface area (Å²) in [4.78, 5) is 27.1. The van der Waals surface area contributed by atoms with Crippen LogP contribution < -0.4 is 10.2 Å². The van der Waals surface area contributed by atoms with Gasteiger partial charge in [-0.3, -0.25) is 9.59 Å². The number of thioether (sulfide) groups is 1. The third-order valence-corrected chi connectivity index (χ3v) is 4.80. The van der Waals surface area contributed by atoms with E-state index in [4.69, 9.17) is 0 Å². The summed E-state index contributed by atoms with van der Waals surface area (Å²) in [6, 6.07) is 13.6. The maximum atomic E-state index is 12.9. The van der Waals surface area contributed by atoms with Gasteiger partial charge >= 0.3 is 0 Å². The number of carbonyl (C=O) groups excluding carboxylic acids is 2. The number of halogens is 1. The fourth-order valence-corrected chi connectivity index (χ4v) is 3.49. The van der Waals surface area contributed by atoms with Gasteiger partial charge in [0, 0.05) is 23.6 Å². The summed E-state index contributed by atoms with van der Waals surface area (Å²) < 4.78 is 12.9. The second-order valence-electron chi connectivity index (χ2n) is 5.45. The minimum Gasteiger partial charge on any atom is -0.350 e. The minimum atomic E-state index is -0.311. The van der Waals surface area contributed by atoms with Crippen LogP contribution in [-0.2, 0) is 16.1 Å². The van der Waals surface area contributed by atoms with Crippen molar-refractivity contribution in [2.45, 2.75) is 17.9 Å². The van der Waals surface area contributed by atoms with Crippen molar-refractivity contribution in [2.24, 2.45) is 0 Å². The number of hydrogen-bond donors (Lipinski definition) is 1. The molecule has 0 unspecified atom stereocenters. The molecule has 1 aliphatic heterocycles. The minimum absolute atomic E-state index is 0.0163. The van der Waals surface area contributed by atoms with E-state index in [0.717, 1.165) is 16.1 Å². The molecule has 124 valence electrons. The van der Waals surface area contributed by atoms with Gasteiger partial charge in [0.2, 0.25) is 11.8 Å². The molecule has 1 N–H and O–H groups in total. The lowest BCUT2D eigenvalue weighted by atomic mass is 10.2. The Morgan fingerprint density at radius 2 is 1.92 bits per heavy atom. The van der Waals surface area contributed by atoms with Crippen LogP contribution in [0.5, 0.6) is 0 Å². The predicted octanol–water partition coefficient (Wildman–Crippen LogP) is 2.97. The molecular weight excluding hydrogens is 327 g/mol. The van der Waals surface area contributed by atoms with E-state index in [1.807, 2.05) is 24.3 Å². The fourth-order valence-electron chi connectivity index (χ4n) is 2.50. The van der Waals surface area contributed by atoms with Crippen LogP contribution in [0.4, 0.5) is 10.1 Å². The van der Waals surface area contributed by atoms with Gasteiger partial charge < -0.3 is 10.2 Å². The lowest BCUT2D eigenvalue weighted by Crippen LogP contribution is -2.40. The number of carbonyl (C=O) groups is 2. The molecule has 0 aromatic heterocycles. The van der Waals surface area contributed by atoms with Crippen LogP contribution >= 0.6 is 11.8 Å². The Balaban J connectivity index is 1.66. The molecule has 0 fully saturated rings. The van der Waals surface area contributed by atoms with Crippen LogP contribution in [-0.4, -0.2) is 24.1 Å². The highest BCUT2D eigenvalue weighted by Gasteiger charge is 2.24. The number of nitrogens with zero attached hydrogens (tertiary/aromatic N) is 1. The topological polar surface area (TPSA) is 49.4 Å². The highest BCUT2D eigenvalue weighted by atomic mass is 32.2. The second-order valence-corrected chi connectivity index (χ2v) is 6.59. The van der Waals surface area contributed by atoms with Gasteiger partial charge in [-0.15, -0.1) is 11.8 Å². The predicted molar refractivity (Wildman–Crippen MR) is 92.4 cm³/mol. The molecule has 0 bridgehead atoms. The zero-order chi connectivity index (χ0) is 16.9. The van der Waals surface area contributed by atoms with Gasteiger partial charge in [-0.05, 0) is 29.8 Å². The molecule has 3 rings (SSSR count). The summed E-state index contributed by atoms with van der Waals surface area (Å²) in [7, 11) is 0. The summed E-state index contributed by atoms with van der Waals surface area (Å²) >= 11 is 1.63. The van der Waals surface area contributed by atoms with Crippen molar-refractivity contribution < 1.29 is 14.0 Å². The summed E-state index contributed by atoms with van der Waals surface area (Å²) in [5, 5.41) is 2.78. The fraction of sp³-hybridized carbons (Fsp3) is 0.222. The maximum Gasteiger partial charge on any atom is 0.240 e. The first-order chi connectivity index (χ1) is 11.6. The number of benzene rings is 2. The van der Waals surface area contributed by atoms with Gasteiger partial charge in [-0.25, -0.2) is 4.39 Å². The number of fused-ring (bicyclic) bond motifs is 1. The van der Waals surface area contributed by atoms with Gasteiger partial charge in [0.25, 0.3) is 0 Å². The smallest absolute Gasteiger partial charge is 0.240 e. The molecule has 4 nitrogen and oxygen atoms in total. The normalized spacial score (nSPS) is 14.0. The molecule has 24 heavy (non-hydrogen) atoms. The first kappa shape index (κ1) is 16.5. The lowest BCUT2D eigenvalue weighted by Gasteiger charge is -2.22. The van der Waals surface area contributed by atoms with Crippen LogP contribution in [0.3, 0.4) is 0 Å². The Hall–Kier alpha value is -2.34. The van der Waals surface area contributed by atoms with E-state index in [1.165, 1.54) is 17.0 Å². The van der Waals surface area contributed by atoms with E-state index >= 15 is 0 Å². The number of rotatable bonds is 4. The van der Waals surface area contributed by atoms with Gasteiger partial charge in [0.1, 0.15) is 12.4 Å². The van der Waals surface area contributed by atoms with Gasteiger partial charge in [0.15, 0.2) is 0 Å². The molecule has 1 aliphatic rings. The largest absolute Gasteiger partial charge is 0.350 e. The van der Waals surface area contributed by atoms with E-state index in [1.54, 1.807) is 23.9 Å². The number of hydrogen-bond acceptors (Lipinski definition) is 3. The van der Waals surface area contributed by atoms with E-state index in [9.17, 15) is 14.0 Å². The zero-order valence-electron chi connectivity index (χ0n) is 13.0. The Labute approximate surface area is 144 Å². The van der Waals surface area contributed by atoms with E-state index < -0.39 is 0 Å². The van der Waals surface area contributed by atoms with Crippen molar-refractivity contribution in [3.63, 3.8) is 0 Å². The summed E-state index contributed by atoms with van der Waals surface area (Å²) in [5.74, 6) is 0.108. The molecule has 1 heterocycles. The van der Waals surface area contributed by atoms with Crippen molar-refractivity contribution in [2.75, 3.05) is 17.2 Å². The molecule has 0 atom stereocenters. The van der Waals surface area contributed by atoms with E-state index in [0.29, 0.717) is 18.7 Å². The van der Waals surface area contributed by atoms with Crippen molar-refractivity contribution >= 4 is 29.3 Å². The van der Waals surface area contributed by atoms with Crippen LogP contribution in [0.1, 0.15) is 12.0 Å². The van der Waals surface area contributed by atoms with Crippen LogP contribution in [0.15, 0.2) is 53.4 Å². The second kappa shape index (κ2) is 7.49. The molecule has 0 saturated heterocycles. The van der Waals surface area contributed by atoms with Gasteiger partial charge in [0.05, 0.1) is 5.69 Å². The Bertz CT molecular complexity index is 749. The van der Waals surface area contributed by atoms with Crippen LogP contribution in [0.2, 0.25) is 0 Å². The zero-order valence-corrected chi connectivity index (χ0v) is 13.8. The monoisotopic (exact) mass is 344 g/mol. The SMILES string of the molecule is O=C(CN1C(=O)CCSc2ccccc21)NCc1ccc(F)cc1. The molecule has 2 aromatic rings. The average molecular weight is 344 g/mol. The number of nitrogens with one attached hydrogen (secondary N) is 1. The number of anilines is 1. The molecule has 0 aliphatic carbocycles. The van der Waals surface area contributed by atoms with Crippen molar-refractivity contribution in [1.29, 1.82) is 0 Å². The summed E-state index contributed by atoms with van der Waals surface area (Å²) in [6.45, 7) is 0.287. The van der Waals surface area contributed by atoms with Crippen molar-refractivity contribution in [3.8, 4) is 0 Å². The quantitative estimate of drug-likeness (QED) is 0.928. The Kier molecular flexibility index (Phi) is 5.15. The van der Waals surface area contributed by atoms with Crippen molar-refractivity contribution in [3.05, 3.63) is 59.9 Å². The molecule has 0 saturated carbocycles. The van der Waals surface area contributed by atoms with Gasteiger partial charge in [-0.1, -0.05) is 24.3 Å². The highest BCUT2D eigenvalue weighted by molar-refractivity contribution is 7.99. The number of para-hydroxylation sites is 1. The third-order valence-electron chi connectivity index (χ3n) is 3.74. The molecule has 0 radical (unpaired) electrons.